The number of likely N-dealkylation sites (tertiary alicyclic amines) is 1. The lowest BCUT2D eigenvalue weighted by molar-refractivity contribution is -0.137. The summed E-state index contributed by atoms with van der Waals surface area (Å²) in [5, 5.41) is 19.1. The maximum absolute atomic E-state index is 13.0. The summed E-state index contributed by atoms with van der Waals surface area (Å²) in [6.45, 7) is 5.60. The standard InChI is InChI=1S/C21H26F3N5O/c1-13-18(16-7-6-14(11-17(16)30)21(22,23)24)25-26-20-19(13)28(3)9-10-29(20)15-5-4-8-27(2)12-15/h6-7,11,15,30H,4-5,8-10,12H2,1-3H3. The minimum absolute atomic E-state index is 0.249. The molecule has 0 radical (unpaired) electrons. The number of aromatic hydroxyl groups is 1. The molecule has 162 valence electrons. The summed E-state index contributed by atoms with van der Waals surface area (Å²) in [5.41, 5.74) is 1.47. The number of hydrogen-bond acceptors (Lipinski definition) is 6. The molecule has 0 amide bonds. The van der Waals surface area contributed by atoms with E-state index in [1.165, 1.54) is 6.07 Å². The maximum atomic E-state index is 13.0. The Hall–Kier alpha value is -2.55. The number of benzene rings is 1. The molecule has 1 unspecified atom stereocenters. The molecule has 6 nitrogen and oxygen atoms in total. The summed E-state index contributed by atoms with van der Waals surface area (Å²) in [5.74, 6) is 0.350. The highest BCUT2D eigenvalue weighted by Crippen LogP contribution is 2.42. The molecule has 2 aromatic rings. The van der Waals surface area contributed by atoms with Gasteiger partial charge >= 0.3 is 6.18 Å². The van der Waals surface area contributed by atoms with Gasteiger partial charge < -0.3 is 19.8 Å². The van der Waals surface area contributed by atoms with Crippen molar-refractivity contribution >= 4 is 11.5 Å². The Morgan fingerprint density at radius 3 is 2.53 bits per heavy atom. The van der Waals surface area contributed by atoms with Gasteiger partial charge in [0.05, 0.1) is 11.3 Å². The minimum atomic E-state index is -4.51. The van der Waals surface area contributed by atoms with Crippen molar-refractivity contribution in [3.8, 4) is 17.0 Å². The molecule has 0 spiro atoms. The van der Waals surface area contributed by atoms with Gasteiger partial charge in [-0.05, 0) is 51.6 Å². The molecular formula is C21H26F3N5O. The van der Waals surface area contributed by atoms with E-state index < -0.39 is 17.5 Å². The lowest BCUT2D eigenvalue weighted by Crippen LogP contribution is -2.52. The summed E-state index contributed by atoms with van der Waals surface area (Å²) in [4.78, 5) is 6.73. The van der Waals surface area contributed by atoms with Crippen LogP contribution in [-0.2, 0) is 6.18 Å². The van der Waals surface area contributed by atoms with Crippen LogP contribution in [0.2, 0.25) is 0 Å². The molecule has 1 saturated heterocycles. The van der Waals surface area contributed by atoms with Crippen molar-refractivity contribution in [2.75, 3.05) is 50.1 Å². The van der Waals surface area contributed by atoms with Crippen LogP contribution in [0.3, 0.4) is 0 Å². The van der Waals surface area contributed by atoms with Crippen LogP contribution in [-0.4, -0.2) is 66.5 Å². The number of phenols is 1. The molecule has 2 aliphatic rings. The first-order valence-electron chi connectivity index (χ1n) is 10.1. The second kappa shape index (κ2) is 7.61. The molecule has 1 atom stereocenters. The Kier molecular flexibility index (Phi) is 5.25. The average Bonchev–Trinajstić information content (AvgIpc) is 2.68. The molecule has 1 aromatic heterocycles. The molecule has 1 aromatic carbocycles. The number of halogens is 3. The van der Waals surface area contributed by atoms with Gasteiger partial charge in [0.2, 0.25) is 0 Å². The Morgan fingerprint density at radius 2 is 1.87 bits per heavy atom. The quantitative estimate of drug-likeness (QED) is 0.801. The van der Waals surface area contributed by atoms with Crippen LogP contribution < -0.4 is 9.80 Å². The zero-order valence-electron chi connectivity index (χ0n) is 17.4. The van der Waals surface area contributed by atoms with Gasteiger partial charge in [0.15, 0.2) is 5.82 Å². The van der Waals surface area contributed by atoms with Crippen LogP contribution in [0.1, 0.15) is 24.0 Å². The second-order valence-electron chi connectivity index (χ2n) is 8.25. The molecule has 1 N–H and O–H groups in total. The van der Waals surface area contributed by atoms with Gasteiger partial charge in [0.25, 0.3) is 0 Å². The lowest BCUT2D eigenvalue weighted by Gasteiger charge is -2.44. The van der Waals surface area contributed by atoms with E-state index in [0.29, 0.717) is 11.7 Å². The highest BCUT2D eigenvalue weighted by Gasteiger charge is 2.34. The van der Waals surface area contributed by atoms with Gasteiger partial charge in [-0.25, -0.2) is 0 Å². The van der Waals surface area contributed by atoms with E-state index in [1.807, 2.05) is 14.0 Å². The zero-order chi connectivity index (χ0) is 21.6. The van der Waals surface area contributed by atoms with Crippen molar-refractivity contribution in [2.24, 2.45) is 0 Å². The summed E-state index contributed by atoms with van der Waals surface area (Å²) in [6.07, 6.45) is -2.29. The van der Waals surface area contributed by atoms with Crippen LogP contribution >= 0.6 is 0 Å². The van der Waals surface area contributed by atoms with Crippen LogP contribution in [0, 0.1) is 6.92 Å². The summed E-state index contributed by atoms with van der Waals surface area (Å²) in [7, 11) is 4.10. The number of likely N-dealkylation sites (N-methyl/N-ethyl adjacent to an activating group) is 2. The molecular weight excluding hydrogens is 395 g/mol. The first-order chi connectivity index (χ1) is 14.2. The Balaban J connectivity index is 1.74. The molecule has 0 bridgehead atoms. The van der Waals surface area contributed by atoms with Crippen molar-refractivity contribution in [1.29, 1.82) is 0 Å². The largest absolute Gasteiger partial charge is 0.507 e. The van der Waals surface area contributed by atoms with E-state index in [0.717, 1.165) is 68.2 Å². The van der Waals surface area contributed by atoms with E-state index in [-0.39, 0.29) is 5.56 Å². The predicted octanol–water partition coefficient (Wildman–Crippen LogP) is 3.53. The van der Waals surface area contributed by atoms with E-state index in [2.05, 4.69) is 31.9 Å². The smallest absolute Gasteiger partial charge is 0.416 e. The summed E-state index contributed by atoms with van der Waals surface area (Å²) >= 11 is 0. The Labute approximate surface area is 173 Å². The number of anilines is 2. The number of rotatable bonds is 2. The van der Waals surface area contributed by atoms with Gasteiger partial charge in [-0.1, -0.05) is 0 Å². The number of aromatic nitrogens is 2. The van der Waals surface area contributed by atoms with Crippen molar-refractivity contribution in [1.82, 2.24) is 15.1 Å². The van der Waals surface area contributed by atoms with Crippen molar-refractivity contribution in [2.45, 2.75) is 32.0 Å². The van der Waals surface area contributed by atoms with E-state index in [9.17, 15) is 18.3 Å². The van der Waals surface area contributed by atoms with Gasteiger partial charge in [0, 0.05) is 43.9 Å². The highest BCUT2D eigenvalue weighted by molar-refractivity contribution is 5.81. The number of phenolic OH excluding ortho intramolecular Hbond substituents is 1. The normalized spacial score (nSPS) is 20.4. The monoisotopic (exact) mass is 421 g/mol. The number of alkyl halides is 3. The molecule has 2 aliphatic heterocycles. The fourth-order valence-electron chi connectivity index (χ4n) is 4.54. The average molecular weight is 421 g/mol. The second-order valence-corrected chi connectivity index (χ2v) is 8.25. The van der Waals surface area contributed by atoms with Crippen molar-refractivity contribution in [3.63, 3.8) is 0 Å². The number of nitrogens with zero attached hydrogens (tertiary/aromatic N) is 5. The third-order valence-corrected chi connectivity index (χ3v) is 6.12. The molecule has 1 fully saturated rings. The van der Waals surface area contributed by atoms with E-state index in [4.69, 9.17) is 0 Å². The molecule has 0 saturated carbocycles. The van der Waals surface area contributed by atoms with Gasteiger partial charge in [-0.15, -0.1) is 10.2 Å². The summed E-state index contributed by atoms with van der Waals surface area (Å²) < 4.78 is 38.9. The molecule has 9 heteroatoms. The summed E-state index contributed by atoms with van der Waals surface area (Å²) in [6, 6.07) is 3.32. The van der Waals surface area contributed by atoms with Crippen LogP contribution in [0.5, 0.6) is 5.75 Å². The number of hydrogen-bond donors (Lipinski definition) is 1. The fraction of sp³-hybridized carbons (Fsp3) is 0.524. The first kappa shape index (κ1) is 20.7. The van der Waals surface area contributed by atoms with E-state index >= 15 is 0 Å². The third kappa shape index (κ3) is 3.66. The predicted molar refractivity (Wildman–Crippen MR) is 110 cm³/mol. The molecule has 30 heavy (non-hydrogen) atoms. The SMILES string of the molecule is Cc1c(-c2ccc(C(F)(F)F)cc2O)nnc2c1N(C)CCN2C1CCCN(C)C1. The van der Waals surface area contributed by atoms with Crippen molar-refractivity contribution < 1.29 is 18.3 Å². The molecule has 3 heterocycles. The Morgan fingerprint density at radius 1 is 1.10 bits per heavy atom. The fourth-order valence-corrected chi connectivity index (χ4v) is 4.54. The number of fused-ring (bicyclic) bond motifs is 1. The number of piperidine rings is 1. The van der Waals surface area contributed by atoms with Gasteiger partial charge in [0.1, 0.15) is 11.4 Å². The third-order valence-electron chi connectivity index (χ3n) is 6.12. The van der Waals surface area contributed by atoms with Gasteiger partial charge in [-0.2, -0.15) is 13.2 Å². The van der Waals surface area contributed by atoms with Gasteiger partial charge in [-0.3, -0.25) is 0 Å². The maximum Gasteiger partial charge on any atom is 0.416 e. The first-order valence-corrected chi connectivity index (χ1v) is 10.1. The highest BCUT2D eigenvalue weighted by atomic mass is 19.4. The lowest BCUT2D eigenvalue weighted by atomic mass is 10.00. The Bertz CT molecular complexity index is 949. The van der Waals surface area contributed by atoms with Crippen LogP contribution in [0.25, 0.3) is 11.3 Å². The van der Waals surface area contributed by atoms with E-state index in [1.54, 1.807) is 0 Å². The van der Waals surface area contributed by atoms with Crippen LogP contribution in [0.4, 0.5) is 24.7 Å². The zero-order valence-corrected chi connectivity index (χ0v) is 17.4. The minimum Gasteiger partial charge on any atom is -0.507 e. The molecule has 4 rings (SSSR count). The van der Waals surface area contributed by atoms with Crippen LogP contribution in [0.15, 0.2) is 18.2 Å². The van der Waals surface area contributed by atoms with Crippen molar-refractivity contribution in [3.05, 3.63) is 29.3 Å². The molecule has 0 aliphatic carbocycles. The topological polar surface area (TPSA) is 55.7 Å².